The Hall–Kier alpha value is -2.01. The van der Waals surface area contributed by atoms with Gasteiger partial charge >= 0.3 is 0 Å². The zero-order chi connectivity index (χ0) is 15.2. The third kappa shape index (κ3) is 4.49. The molecule has 0 unspecified atom stereocenters. The minimum Gasteiger partial charge on any atom is -0.348 e. The number of carbonyl (C=O) groups excluding carboxylic acids is 2. The van der Waals surface area contributed by atoms with E-state index in [0.29, 0.717) is 31.8 Å². The van der Waals surface area contributed by atoms with Crippen molar-refractivity contribution in [2.75, 3.05) is 33.7 Å². The van der Waals surface area contributed by atoms with Gasteiger partial charge in [0, 0.05) is 27.1 Å². The minimum atomic E-state index is 0.0208. The van der Waals surface area contributed by atoms with E-state index in [-0.39, 0.29) is 18.2 Å². The van der Waals surface area contributed by atoms with Gasteiger partial charge in [0.2, 0.25) is 5.91 Å². The van der Waals surface area contributed by atoms with E-state index in [0.717, 1.165) is 5.56 Å². The molecule has 1 saturated heterocycles. The standard InChI is InChI=1S/C16H21N3O2/c1-18(2)16(21)12-19-9-8-14(15(20)11-19)17-10-13-6-4-3-5-7-13/h3-7H,8-12H2,1-2H3. The molecule has 0 N–H and O–H groups in total. The van der Waals surface area contributed by atoms with E-state index in [9.17, 15) is 9.59 Å². The lowest BCUT2D eigenvalue weighted by Crippen LogP contribution is -2.45. The lowest BCUT2D eigenvalue weighted by Gasteiger charge is -2.27. The van der Waals surface area contributed by atoms with Crippen molar-refractivity contribution in [3.63, 3.8) is 0 Å². The van der Waals surface area contributed by atoms with Crippen molar-refractivity contribution >= 4 is 17.4 Å². The van der Waals surface area contributed by atoms with Crippen molar-refractivity contribution in [1.29, 1.82) is 0 Å². The van der Waals surface area contributed by atoms with Crippen molar-refractivity contribution < 1.29 is 9.59 Å². The molecule has 2 rings (SSSR count). The van der Waals surface area contributed by atoms with Gasteiger partial charge in [-0.1, -0.05) is 30.3 Å². The van der Waals surface area contributed by atoms with Crippen molar-refractivity contribution in [3.8, 4) is 0 Å². The second-order valence-corrected chi connectivity index (χ2v) is 5.42. The lowest BCUT2D eigenvalue weighted by atomic mass is 10.1. The number of piperidine rings is 1. The van der Waals surface area contributed by atoms with Gasteiger partial charge in [-0.25, -0.2) is 0 Å². The van der Waals surface area contributed by atoms with Crippen molar-refractivity contribution in [3.05, 3.63) is 35.9 Å². The fraction of sp³-hybridized carbons (Fsp3) is 0.438. The highest BCUT2D eigenvalue weighted by atomic mass is 16.2. The largest absolute Gasteiger partial charge is 0.348 e. The average molecular weight is 287 g/mol. The second-order valence-electron chi connectivity index (χ2n) is 5.42. The molecule has 0 bridgehead atoms. The van der Waals surface area contributed by atoms with E-state index < -0.39 is 0 Å². The van der Waals surface area contributed by atoms with Gasteiger partial charge in [0.15, 0.2) is 5.78 Å². The second kappa shape index (κ2) is 7.13. The number of hydrogen-bond acceptors (Lipinski definition) is 4. The molecule has 112 valence electrons. The number of benzene rings is 1. The Morgan fingerprint density at radius 2 is 2.00 bits per heavy atom. The van der Waals surface area contributed by atoms with Gasteiger partial charge in [0.05, 0.1) is 25.3 Å². The van der Waals surface area contributed by atoms with E-state index in [2.05, 4.69) is 4.99 Å². The van der Waals surface area contributed by atoms with Gasteiger partial charge < -0.3 is 4.90 Å². The fourth-order valence-corrected chi connectivity index (χ4v) is 2.18. The molecule has 0 atom stereocenters. The minimum absolute atomic E-state index is 0.0208. The average Bonchev–Trinajstić information content (AvgIpc) is 2.47. The first kappa shape index (κ1) is 15.4. The number of amides is 1. The molecular formula is C16H21N3O2. The van der Waals surface area contributed by atoms with Crippen LogP contribution in [-0.2, 0) is 16.1 Å². The molecule has 1 amide bonds. The number of nitrogens with zero attached hydrogens (tertiary/aromatic N) is 3. The van der Waals surface area contributed by atoms with Crippen LogP contribution in [0.1, 0.15) is 12.0 Å². The topological polar surface area (TPSA) is 53.0 Å². The smallest absolute Gasteiger partial charge is 0.236 e. The summed E-state index contributed by atoms with van der Waals surface area (Å²) in [4.78, 5) is 31.6. The number of likely N-dealkylation sites (tertiary alicyclic amines) is 1. The number of ketones is 1. The summed E-state index contributed by atoms with van der Waals surface area (Å²) in [6.07, 6.45) is 0.617. The third-order valence-electron chi connectivity index (χ3n) is 3.51. The molecule has 0 aliphatic carbocycles. The zero-order valence-corrected chi connectivity index (χ0v) is 12.6. The van der Waals surface area contributed by atoms with Gasteiger partial charge in [0.25, 0.3) is 0 Å². The van der Waals surface area contributed by atoms with Gasteiger partial charge in [-0.2, -0.15) is 0 Å². The molecule has 1 aromatic rings. The Morgan fingerprint density at radius 3 is 2.62 bits per heavy atom. The molecule has 0 aromatic heterocycles. The Balaban J connectivity index is 1.89. The number of rotatable bonds is 4. The number of carbonyl (C=O) groups is 2. The molecule has 5 heteroatoms. The van der Waals surface area contributed by atoms with Crippen LogP contribution < -0.4 is 0 Å². The fourth-order valence-electron chi connectivity index (χ4n) is 2.18. The summed E-state index contributed by atoms with van der Waals surface area (Å²) < 4.78 is 0. The van der Waals surface area contributed by atoms with Crippen molar-refractivity contribution in [1.82, 2.24) is 9.80 Å². The highest BCUT2D eigenvalue weighted by Crippen LogP contribution is 2.07. The first-order valence-electron chi connectivity index (χ1n) is 7.09. The summed E-state index contributed by atoms with van der Waals surface area (Å²) in [5.74, 6) is 0.0520. The zero-order valence-electron chi connectivity index (χ0n) is 12.6. The highest BCUT2D eigenvalue weighted by Gasteiger charge is 2.24. The normalized spacial score (nSPS) is 18.0. The van der Waals surface area contributed by atoms with Crippen molar-refractivity contribution in [2.45, 2.75) is 13.0 Å². The summed E-state index contributed by atoms with van der Waals surface area (Å²) in [6.45, 7) is 1.83. The van der Waals surface area contributed by atoms with E-state index >= 15 is 0 Å². The molecule has 1 aromatic carbocycles. The van der Waals surface area contributed by atoms with Crippen LogP contribution in [0.15, 0.2) is 35.3 Å². The number of likely N-dealkylation sites (N-methyl/N-ethyl adjacent to an activating group) is 1. The Bertz CT molecular complexity index is 538. The van der Waals surface area contributed by atoms with E-state index in [1.54, 1.807) is 19.0 Å². The maximum atomic E-state index is 12.1. The molecule has 1 heterocycles. The van der Waals surface area contributed by atoms with Crippen LogP contribution in [0.2, 0.25) is 0 Å². The van der Waals surface area contributed by atoms with Crippen LogP contribution in [0.4, 0.5) is 0 Å². The molecule has 1 aliphatic rings. The summed E-state index contributed by atoms with van der Waals surface area (Å²) in [5.41, 5.74) is 1.75. The van der Waals surface area contributed by atoms with Gasteiger partial charge in [-0.15, -0.1) is 0 Å². The number of hydrogen-bond donors (Lipinski definition) is 0. The molecule has 0 radical (unpaired) electrons. The predicted molar refractivity (Wildman–Crippen MR) is 82.3 cm³/mol. The van der Waals surface area contributed by atoms with E-state index in [1.807, 2.05) is 35.2 Å². The maximum absolute atomic E-state index is 12.1. The van der Waals surface area contributed by atoms with Gasteiger partial charge in [-0.3, -0.25) is 19.5 Å². The summed E-state index contributed by atoms with van der Waals surface area (Å²) in [7, 11) is 3.45. The SMILES string of the molecule is CN(C)C(=O)CN1CCC(=NCc2ccccc2)C(=O)C1. The van der Waals surface area contributed by atoms with Crippen LogP contribution in [0.25, 0.3) is 0 Å². The number of Topliss-reactive ketones (excluding diaryl/α,β-unsaturated/α-hetero) is 1. The van der Waals surface area contributed by atoms with E-state index in [4.69, 9.17) is 0 Å². The predicted octanol–water partition coefficient (Wildman–Crippen LogP) is 0.991. The van der Waals surface area contributed by atoms with E-state index in [1.165, 1.54) is 0 Å². The first-order valence-corrected chi connectivity index (χ1v) is 7.09. The summed E-state index contributed by atoms with van der Waals surface area (Å²) in [5, 5.41) is 0. The van der Waals surface area contributed by atoms with Crippen LogP contribution in [0, 0.1) is 0 Å². The van der Waals surface area contributed by atoms with Crippen LogP contribution in [0.3, 0.4) is 0 Å². The first-order chi connectivity index (χ1) is 10.1. The highest BCUT2D eigenvalue weighted by molar-refractivity contribution is 6.41. The quantitative estimate of drug-likeness (QED) is 0.830. The van der Waals surface area contributed by atoms with Crippen LogP contribution >= 0.6 is 0 Å². The molecule has 0 spiro atoms. The maximum Gasteiger partial charge on any atom is 0.236 e. The monoisotopic (exact) mass is 287 g/mol. The molecule has 0 saturated carbocycles. The third-order valence-corrected chi connectivity index (χ3v) is 3.51. The Morgan fingerprint density at radius 1 is 1.29 bits per heavy atom. The molecule has 21 heavy (non-hydrogen) atoms. The lowest BCUT2D eigenvalue weighted by molar-refractivity contribution is -0.130. The summed E-state index contributed by atoms with van der Waals surface area (Å²) >= 11 is 0. The molecule has 5 nitrogen and oxygen atoms in total. The molecule has 1 fully saturated rings. The van der Waals surface area contributed by atoms with Gasteiger partial charge in [-0.05, 0) is 5.56 Å². The van der Waals surface area contributed by atoms with Gasteiger partial charge in [0.1, 0.15) is 0 Å². The van der Waals surface area contributed by atoms with Crippen LogP contribution in [-0.4, -0.2) is 60.9 Å². The number of aliphatic imine (C=N–C) groups is 1. The van der Waals surface area contributed by atoms with Crippen LogP contribution in [0.5, 0.6) is 0 Å². The Kier molecular flexibility index (Phi) is 5.22. The van der Waals surface area contributed by atoms with Crippen molar-refractivity contribution in [2.24, 2.45) is 4.99 Å². The molecular weight excluding hydrogens is 266 g/mol. The Labute approximate surface area is 125 Å². The summed E-state index contributed by atoms with van der Waals surface area (Å²) in [6, 6.07) is 9.89. The molecule has 1 aliphatic heterocycles.